The minimum absolute atomic E-state index is 0.457. The molecule has 100 valence electrons. The van der Waals surface area contributed by atoms with Crippen molar-refractivity contribution in [2.75, 3.05) is 17.4 Å². The molecule has 1 aromatic rings. The lowest BCUT2D eigenvalue weighted by atomic mass is 9.62. The summed E-state index contributed by atoms with van der Waals surface area (Å²) >= 11 is 3.79. The summed E-state index contributed by atoms with van der Waals surface area (Å²) in [5, 5.41) is 0. The molecule has 0 spiro atoms. The highest BCUT2D eigenvalue weighted by Crippen LogP contribution is 2.41. The van der Waals surface area contributed by atoms with Crippen molar-refractivity contribution in [2.24, 2.45) is 0 Å². The fourth-order valence-electron chi connectivity index (χ4n) is 3.26. The van der Waals surface area contributed by atoms with E-state index in [2.05, 4.69) is 60.1 Å². The van der Waals surface area contributed by atoms with Crippen LogP contribution in [0.15, 0.2) is 24.5 Å². The van der Waals surface area contributed by atoms with Crippen LogP contribution in [0.1, 0.15) is 16.7 Å². The Labute approximate surface area is 124 Å². The molecule has 0 saturated heterocycles. The Morgan fingerprint density at radius 1 is 1.21 bits per heavy atom. The average Bonchev–Trinajstić information content (AvgIpc) is 2.80. The van der Waals surface area contributed by atoms with Gasteiger partial charge in [0.2, 0.25) is 0 Å². The molecule has 2 aliphatic heterocycles. The SMILES string of the molecule is CSB1Cc2cc(C)cc(C)c2N2C=CN(SC)C12. The molecule has 19 heavy (non-hydrogen) atoms. The van der Waals surface area contributed by atoms with Crippen molar-refractivity contribution in [1.29, 1.82) is 0 Å². The molecule has 0 radical (unpaired) electrons. The van der Waals surface area contributed by atoms with Crippen molar-refractivity contribution < 1.29 is 0 Å². The molecule has 0 aromatic heterocycles. The maximum atomic E-state index is 2.46. The van der Waals surface area contributed by atoms with Crippen LogP contribution in [0.3, 0.4) is 0 Å². The molecule has 3 rings (SSSR count). The van der Waals surface area contributed by atoms with Crippen LogP contribution in [0, 0.1) is 13.8 Å². The number of aryl methyl sites for hydroxylation is 2. The largest absolute Gasteiger partial charge is 0.331 e. The first-order valence-corrected chi connectivity index (χ1v) is 9.04. The number of nitrogens with zero attached hydrogens (tertiary/aromatic N) is 2. The third kappa shape index (κ3) is 2.07. The van der Waals surface area contributed by atoms with Gasteiger partial charge in [0, 0.05) is 24.3 Å². The Balaban J connectivity index is 2.10. The van der Waals surface area contributed by atoms with E-state index in [1.54, 1.807) is 0 Å². The minimum Gasteiger partial charge on any atom is -0.331 e. The summed E-state index contributed by atoms with van der Waals surface area (Å²) in [7, 11) is 0. The summed E-state index contributed by atoms with van der Waals surface area (Å²) in [5.74, 6) is 0.621. The predicted molar refractivity (Wildman–Crippen MR) is 89.7 cm³/mol. The summed E-state index contributed by atoms with van der Waals surface area (Å²) in [5.41, 5.74) is 5.70. The van der Waals surface area contributed by atoms with Gasteiger partial charge in [-0.3, -0.25) is 0 Å². The molecule has 5 heteroatoms. The third-order valence-corrected chi connectivity index (χ3v) is 5.74. The van der Waals surface area contributed by atoms with Crippen molar-refractivity contribution in [2.45, 2.75) is 26.2 Å². The Kier molecular flexibility index (Phi) is 3.52. The fraction of sp³-hybridized carbons (Fsp3) is 0.429. The topological polar surface area (TPSA) is 6.48 Å². The van der Waals surface area contributed by atoms with Gasteiger partial charge >= 0.3 is 0 Å². The summed E-state index contributed by atoms with van der Waals surface area (Å²) in [4.78, 5) is 2.46. The van der Waals surface area contributed by atoms with E-state index in [9.17, 15) is 0 Å². The Bertz CT molecular complexity index is 532. The quantitative estimate of drug-likeness (QED) is 0.607. The van der Waals surface area contributed by atoms with Crippen molar-refractivity contribution in [1.82, 2.24) is 4.31 Å². The van der Waals surface area contributed by atoms with Crippen LogP contribution < -0.4 is 4.90 Å². The number of anilines is 1. The first-order valence-electron chi connectivity index (χ1n) is 6.57. The fourth-order valence-corrected chi connectivity index (χ4v) is 4.83. The number of rotatable bonds is 2. The molecule has 0 fully saturated rings. The standard InChI is InChI=1S/C14H19BN2S2/c1-10-7-11(2)13-12(8-10)9-15(18-3)14-16(13)5-6-17(14)19-4/h5-8,14H,9H2,1-4H3. The number of benzene rings is 1. The van der Waals surface area contributed by atoms with Crippen molar-refractivity contribution in [3.8, 4) is 0 Å². The molecule has 2 nitrogen and oxygen atoms in total. The molecule has 2 aliphatic rings. The predicted octanol–water partition coefficient (Wildman–Crippen LogP) is 3.49. The maximum absolute atomic E-state index is 2.46. The molecule has 0 aliphatic carbocycles. The summed E-state index contributed by atoms with van der Waals surface area (Å²) in [6, 6.07) is 5.11. The van der Waals surface area contributed by atoms with Crippen LogP contribution in [0.2, 0.25) is 0 Å². The first kappa shape index (κ1) is 13.3. The maximum Gasteiger partial charge on any atom is 0.265 e. The highest BCUT2D eigenvalue weighted by molar-refractivity contribution is 8.25. The highest BCUT2D eigenvalue weighted by Gasteiger charge is 2.42. The van der Waals surface area contributed by atoms with Crippen LogP contribution in [0.5, 0.6) is 0 Å². The molecule has 0 saturated carbocycles. The summed E-state index contributed by atoms with van der Waals surface area (Å²) in [6.07, 6.45) is 10.0. The lowest BCUT2D eigenvalue weighted by Crippen LogP contribution is -2.51. The summed E-state index contributed by atoms with van der Waals surface area (Å²) in [6.45, 7) is 4.43. The van der Waals surface area contributed by atoms with Gasteiger partial charge in [0.25, 0.3) is 5.99 Å². The molecular weight excluding hydrogens is 271 g/mol. The molecule has 0 N–H and O–H groups in total. The van der Waals surface area contributed by atoms with Crippen LogP contribution in [0.25, 0.3) is 0 Å². The summed E-state index contributed by atoms with van der Waals surface area (Å²) < 4.78 is 2.38. The molecule has 1 atom stereocenters. The van der Waals surface area contributed by atoms with Crippen LogP contribution in [-0.2, 0) is 6.32 Å². The second-order valence-electron chi connectivity index (χ2n) is 5.23. The van der Waals surface area contributed by atoms with Crippen LogP contribution in [0.4, 0.5) is 5.69 Å². The van der Waals surface area contributed by atoms with E-state index in [4.69, 9.17) is 0 Å². The van der Waals surface area contributed by atoms with Crippen molar-refractivity contribution in [3.05, 3.63) is 41.2 Å². The van der Waals surface area contributed by atoms with Gasteiger partial charge in [-0.1, -0.05) is 29.6 Å². The van der Waals surface area contributed by atoms with Crippen molar-refractivity contribution >= 4 is 35.2 Å². The third-order valence-electron chi connectivity index (χ3n) is 3.97. The van der Waals surface area contributed by atoms with Crippen molar-refractivity contribution in [3.63, 3.8) is 0 Å². The molecular formula is C14H19BN2S2. The molecule has 2 heterocycles. The van der Waals surface area contributed by atoms with Gasteiger partial charge in [-0.05, 0) is 37.6 Å². The second-order valence-corrected chi connectivity index (χ2v) is 7.09. The van der Waals surface area contributed by atoms with E-state index in [1.807, 2.05) is 23.6 Å². The number of hydrogen-bond acceptors (Lipinski definition) is 4. The van der Waals surface area contributed by atoms with Gasteiger partial charge in [0.05, 0.1) is 6.07 Å². The van der Waals surface area contributed by atoms with E-state index in [0.29, 0.717) is 12.1 Å². The molecule has 1 unspecified atom stereocenters. The van der Waals surface area contributed by atoms with Gasteiger partial charge in [-0.15, -0.1) is 0 Å². The van der Waals surface area contributed by atoms with Gasteiger partial charge < -0.3 is 9.21 Å². The monoisotopic (exact) mass is 290 g/mol. The first-order chi connectivity index (χ1) is 9.15. The van der Waals surface area contributed by atoms with Gasteiger partial charge in [-0.25, -0.2) is 11.6 Å². The van der Waals surface area contributed by atoms with Gasteiger partial charge in [-0.2, -0.15) is 0 Å². The van der Waals surface area contributed by atoms with Gasteiger partial charge in [0.1, 0.15) is 0 Å². The normalized spacial score (nSPS) is 20.8. The molecule has 0 amide bonds. The Hall–Kier alpha value is -0.675. The zero-order valence-corrected chi connectivity index (χ0v) is 13.5. The van der Waals surface area contributed by atoms with E-state index < -0.39 is 0 Å². The zero-order valence-electron chi connectivity index (χ0n) is 11.9. The Morgan fingerprint density at radius 3 is 2.68 bits per heavy atom. The van der Waals surface area contributed by atoms with E-state index in [-0.39, 0.29) is 0 Å². The zero-order chi connectivity index (χ0) is 13.6. The lowest BCUT2D eigenvalue weighted by molar-refractivity contribution is 0.594. The minimum atomic E-state index is 0.457. The Morgan fingerprint density at radius 2 is 2.00 bits per heavy atom. The lowest BCUT2D eigenvalue weighted by Gasteiger charge is -2.40. The van der Waals surface area contributed by atoms with E-state index in [1.165, 1.54) is 28.7 Å². The second kappa shape index (κ2) is 5.02. The molecule has 0 bridgehead atoms. The number of hydrogen-bond donors (Lipinski definition) is 0. The van der Waals surface area contributed by atoms with Crippen LogP contribution >= 0.6 is 23.6 Å². The molecule has 1 aromatic carbocycles. The highest BCUT2D eigenvalue weighted by atomic mass is 32.2. The van der Waals surface area contributed by atoms with E-state index in [0.717, 1.165) is 0 Å². The van der Waals surface area contributed by atoms with Gasteiger partial charge in [0.15, 0.2) is 0 Å². The van der Waals surface area contributed by atoms with Crippen LogP contribution in [-0.4, -0.2) is 28.9 Å². The smallest absolute Gasteiger partial charge is 0.265 e. The average molecular weight is 290 g/mol. The van der Waals surface area contributed by atoms with E-state index >= 15 is 0 Å². The number of fused-ring (bicyclic) bond motifs is 3.